The monoisotopic (exact) mass is 269 g/mol. The molecule has 1 unspecified atom stereocenters. The van der Waals surface area contributed by atoms with Crippen LogP contribution in [0.25, 0.3) is 0 Å². The van der Waals surface area contributed by atoms with E-state index < -0.39 is 0 Å². The minimum Gasteiger partial charge on any atom is -0.382 e. The normalized spacial score (nSPS) is 12.9. The van der Waals surface area contributed by atoms with Gasteiger partial charge in [-0.15, -0.1) is 0 Å². The molecule has 0 aromatic heterocycles. The maximum atomic E-state index is 3.55. The second-order valence-electron chi connectivity index (χ2n) is 4.63. The van der Waals surface area contributed by atoms with Gasteiger partial charge in [0, 0.05) is 16.2 Å². The van der Waals surface area contributed by atoms with Crippen LogP contribution in [0.4, 0.5) is 5.69 Å². The van der Waals surface area contributed by atoms with Crippen molar-refractivity contribution >= 4 is 21.6 Å². The Morgan fingerprint density at radius 2 is 1.93 bits per heavy atom. The molecule has 1 nitrogen and oxygen atoms in total. The number of benzene rings is 1. The van der Waals surface area contributed by atoms with E-state index in [9.17, 15) is 0 Å². The highest BCUT2D eigenvalue weighted by Gasteiger charge is 2.06. The minimum atomic E-state index is 0.532. The molecule has 0 radical (unpaired) electrons. The lowest BCUT2D eigenvalue weighted by Gasteiger charge is -2.18. The zero-order valence-corrected chi connectivity index (χ0v) is 11.6. The van der Waals surface area contributed by atoms with Crippen LogP contribution in [-0.4, -0.2) is 6.04 Å². The number of anilines is 1. The zero-order valence-electron chi connectivity index (χ0n) is 9.97. The summed E-state index contributed by atoms with van der Waals surface area (Å²) in [4.78, 5) is 0. The van der Waals surface area contributed by atoms with Gasteiger partial charge in [0.25, 0.3) is 0 Å². The molecule has 1 aromatic rings. The van der Waals surface area contributed by atoms with Crippen LogP contribution in [0.15, 0.2) is 22.7 Å². The largest absolute Gasteiger partial charge is 0.382 e. The second kappa shape index (κ2) is 5.55. The van der Waals surface area contributed by atoms with Gasteiger partial charge in [-0.3, -0.25) is 0 Å². The topological polar surface area (TPSA) is 12.0 Å². The van der Waals surface area contributed by atoms with Gasteiger partial charge >= 0.3 is 0 Å². The van der Waals surface area contributed by atoms with E-state index in [4.69, 9.17) is 0 Å². The lowest BCUT2D eigenvalue weighted by atomic mass is 10.0. The van der Waals surface area contributed by atoms with Gasteiger partial charge in [-0.25, -0.2) is 0 Å². The van der Waals surface area contributed by atoms with E-state index >= 15 is 0 Å². The van der Waals surface area contributed by atoms with Crippen LogP contribution in [0.5, 0.6) is 0 Å². The van der Waals surface area contributed by atoms with Crippen LogP contribution in [0, 0.1) is 12.8 Å². The summed E-state index contributed by atoms with van der Waals surface area (Å²) < 4.78 is 1.14. The summed E-state index contributed by atoms with van der Waals surface area (Å²) in [5.74, 6) is 0.739. The van der Waals surface area contributed by atoms with Crippen molar-refractivity contribution in [3.63, 3.8) is 0 Å². The van der Waals surface area contributed by atoms with E-state index in [1.165, 1.54) is 17.7 Å². The molecule has 1 atom stereocenters. The first-order chi connectivity index (χ1) is 6.99. The van der Waals surface area contributed by atoms with Gasteiger partial charge < -0.3 is 5.32 Å². The van der Waals surface area contributed by atoms with Gasteiger partial charge in [0.2, 0.25) is 0 Å². The molecule has 1 aromatic carbocycles. The van der Waals surface area contributed by atoms with Crippen LogP contribution in [0.1, 0.15) is 32.8 Å². The number of rotatable bonds is 4. The van der Waals surface area contributed by atoms with E-state index in [2.05, 4.69) is 67.1 Å². The lowest BCUT2D eigenvalue weighted by molar-refractivity contribution is 0.539. The molecular formula is C13H20BrN. The van der Waals surface area contributed by atoms with Crippen molar-refractivity contribution in [2.75, 3.05) is 5.32 Å². The fourth-order valence-electron chi connectivity index (χ4n) is 1.82. The molecule has 0 bridgehead atoms. The van der Waals surface area contributed by atoms with Crippen LogP contribution in [0.3, 0.4) is 0 Å². The number of halogens is 1. The van der Waals surface area contributed by atoms with Gasteiger partial charge in [-0.2, -0.15) is 0 Å². The number of nitrogens with one attached hydrogen (secondary N) is 1. The molecule has 0 fully saturated rings. The summed E-state index contributed by atoms with van der Waals surface area (Å²) in [7, 11) is 0. The first kappa shape index (κ1) is 12.6. The molecular weight excluding hydrogens is 250 g/mol. The highest BCUT2D eigenvalue weighted by molar-refractivity contribution is 9.10. The SMILES string of the molecule is Cc1cc(Br)ccc1NC(C)CC(C)C. The summed E-state index contributed by atoms with van der Waals surface area (Å²) in [6.45, 7) is 8.88. The number of hydrogen-bond acceptors (Lipinski definition) is 1. The predicted molar refractivity (Wildman–Crippen MR) is 71.4 cm³/mol. The maximum absolute atomic E-state index is 3.55. The maximum Gasteiger partial charge on any atom is 0.0372 e. The summed E-state index contributed by atoms with van der Waals surface area (Å²) in [6, 6.07) is 6.89. The Labute approximate surface area is 101 Å². The Morgan fingerprint density at radius 1 is 1.27 bits per heavy atom. The van der Waals surface area contributed by atoms with Crippen molar-refractivity contribution in [1.82, 2.24) is 0 Å². The number of aryl methyl sites for hydroxylation is 1. The average molecular weight is 270 g/mol. The van der Waals surface area contributed by atoms with Crippen LogP contribution >= 0.6 is 15.9 Å². The zero-order chi connectivity index (χ0) is 11.4. The minimum absolute atomic E-state index is 0.532. The van der Waals surface area contributed by atoms with Crippen molar-refractivity contribution < 1.29 is 0 Å². The molecule has 0 aliphatic rings. The Hall–Kier alpha value is -0.500. The van der Waals surface area contributed by atoms with Gasteiger partial charge in [0.15, 0.2) is 0 Å². The van der Waals surface area contributed by atoms with Crippen molar-refractivity contribution in [3.8, 4) is 0 Å². The molecule has 0 saturated heterocycles. The highest BCUT2D eigenvalue weighted by atomic mass is 79.9. The fraction of sp³-hybridized carbons (Fsp3) is 0.538. The Balaban J connectivity index is 2.64. The van der Waals surface area contributed by atoms with Gasteiger partial charge in [0.1, 0.15) is 0 Å². The molecule has 0 aliphatic heterocycles. The smallest absolute Gasteiger partial charge is 0.0372 e. The van der Waals surface area contributed by atoms with Crippen molar-refractivity contribution in [3.05, 3.63) is 28.2 Å². The first-order valence-corrected chi connectivity index (χ1v) is 6.31. The van der Waals surface area contributed by atoms with Crippen molar-refractivity contribution in [2.24, 2.45) is 5.92 Å². The number of hydrogen-bond donors (Lipinski definition) is 1. The summed E-state index contributed by atoms with van der Waals surface area (Å²) in [5, 5.41) is 3.55. The molecule has 0 amide bonds. The van der Waals surface area contributed by atoms with E-state index in [1.807, 2.05) is 0 Å². The molecule has 84 valence electrons. The van der Waals surface area contributed by atoms with E-state index in [1.54, 1.807) is 0 Å². The van der Waals surface area contributed by atoms with Crippen LogP contribution < -0.4 is 5.32 Å². The summed E-state index contributed by atoms with van der Waals surface area (Å²) in [5.41, 5.74) is 2.53. The standard InChI is InChI=1S/C13H20BrN/c1-9(2)7-11(4)15-13-6-5-12(14)8-10(13)3/h5-6,8-9,11,15H,7H2,1-4H3. The summed E-state index contributed by atoms with van der Waals surface area (Å²) in [6.07, 6.45) is 1.20. The fourth-order valence-corrected chi connectivity index (χ4v) is 2.30. The predicted octanol–water partition coefficient (Wildman–Crippen LogP) is 4.60. The van der Waals surface area contributed by atoms with Gasteiger partial charge in [-0.1, -0.05) is 29.8 Å². The van der Waals surface area contributed by atoms with Crippen molar-refractivity contribution in [1.29, 1.82) is 0 Å². The molecule has 15 heavy (non-hydrogen) atoms. The molecule has 2 heteroatoms. The average Bonchev–Trinajstić information content (AvgIpc) is 2.08. The van der Waals surface area contributed by atoms with Crippen molar-refractivity contribution in [2.45, 2.75) is 40.2 Å². The molecule has 1 rings (SSSR count). The molecule has 0 spiro atoms. The van der Waals surface area contributed by atoms with Crippen LogP contribution in [-0.2, 0) is 0 Å². The quantitative estimate of drug-likeness (QED) is 0.842. The molecule has 1 N–H and O–H groups in total. The third kappa shape index (κ3) is 4.25. The molecule has 0 heterocycles. The van der Waals surface area contributed by atoms with Gasteiger partial charge in [0.05, 0.1) is 0 Å². The second-order valence-corrected chi connectivity index (χ2v) is 5.55. The third-order valence-corrected chi connectivity index (χ3v) is 2.91. The Bertz CT molecular complexity index is 320. The first-order valence-electron chi connectivity index (χ1n) is 5.51. The molecule has 0 aliphatic carbocycles. The lowest BCUT2D eigenvalue weighted by Crippen LogP contribution is -2.17. The molecule has 0 saturated carbocycles. The Kier molecular flexibility index (Phi) is 4.65. The summed E-state index contributed by atoms with van der Waals surface area (Å²) >= 11 is 3.48. The van der Waals surface area contributed by atoms with Gasteiger partial charge in [-0.05, 0) is 49.9 Å². The van der Waals surface area contributed by atoms with E-state index in [0.717, 1.165) is 10.4 Å². The van der Waals surface area contributed by atoms with E-state index in [-0.39, 0.29) is 0 Å². The van der Waals surface area contributed by atoms with Crippen LogP contribution in [0.2, 0.25) is 0 Å². The highest BCUT2D eigenvalue weighted by Crippen LogP contribution is 2.21. The van der Waals surface area contributed by atoms with E-state index in [0.29, 0.717) is 6.04 Å². The third-order valence-electron chi connectivity index (χ3n) is 2.42. The Morgan fingerprint density at radius 3 is 2.47 bits per heavy atom.